The summed E-state index contributed by atoms with van der Waals surface area (Å²) < 4.78 is 50.2. The van der Waals surface area contributed by atoms with E-state index in [1.165, 1.54) is 16.4 Å². The maximum atomic E-state index is 12.2. The Morgan fingerprint density at radius 3 is 1.90 bits per heavy atom. The Labute approximate surface area is 120 Å². The Morgan fingerprint density at radius 2 is 1.50 bits per heavy atom. The van der Waals surface area contributed by atoms with Gasteiger partial charge >= 0.3 is 0 Å². The minimum Gasteiger partial charge on any atom is -0.213 e. The molecular formula is C12H20N2O4S2. The lowest BCUT2D eigenvalue weighted by atomic mass is 10.2. The third kappa shape index (κ3) is 4.55. The number of benzene rings is 1. The molecule has 0 fully saturated rings. The van der Waals surface area contributed by atoms with E-state index in [1.807, 2.05) is 0 Å². The largest absolute Gasteiger partial charge is 0.243 e. The van der Waals surface area contributed by atoms with Crippen LogP contribution in [0.2, 0.25) is 0 Å². The first-order valence-corrected chi connectivity index (χ1v) is 9.57. The normalized spacial score (nSPS) is 12.8. The van der Waals surface area contributed by atoms with Crippen molar-refractivity contribution in [1.82, 2.24) is 9.03 Å². The summed E-state index contributed by atoms with van der Waals surface area (Å²) in [5.41, 5.74) is 0.703. The molecule has 0 amide bonds. The lowest BCUT2D eigenvalue weighted by Gasteiger charge is -2.18. The van der Waals surface area contributed by atoms with Crippen LogP contribution in [-0.4, -0.2) is 40.5 Å². The first kappa shape index (κ1) is 17.1. The van der Waals surface area contributed by atoms with Crippen LogP contribution >= 0.6 is 0 Å². The molecule has 20 heavy (non-hydrogen) atoms. The maximum absolute atomic E-state index is 12.2. The highest BCUT2D eigenvalue weighted by Crippen LogP contribution is 2.16. The van der Waals surface area contributed by atoms with Crippen molar-refractivity contribution in [3.05, 3.63) is 29.8 Å². The quantitative estimate of drug-likeness (QED) is 0.804. The van der Waals surface area contributed by atoms with Gasteiger partial charge in [-0.2, -0.15) is 4.31 Å². The fourth-order valence-corrected chi connectivity index (χ4v) is 3.59. The van der Waals surface area contributed by atoms with E-state index in [2.05, 4.69) is 4.72 Å². The number of nitrogens with one attached hydrogen (secondary N) is 1. The van der Waals surface area contributed by atoms with Crippen LogP contribution in [0.25, 0.3) is 0 Å². The van der Waals surface area contributed by atoms with Gasteiger partial charge < -0.3 is 0 Å². The van der Waals surface area contributed by atoms with Gasteiger partial charge in [-0.25, -0.2) is 21.6 Å². The van der Waals surface area contributed by atoms with E-state index in [0.717, 1.165) is 6.26 Å². The third-order valence-electron chi connectivity index (χ3n) is 2.81. The van der Waals surface area contributed by atoms with Crippen molar-refractivity contribution in [3.8, 4) is 0 Å². The highest BCUT2D eigenvalue weighted by Gasteiger charge is 2.21. The second-order valence-corrected chi connectivity index (χ2v) is 8.10. The van der Waals surface area contributed by atoms with E-state index >= 15 is 0 Å². The summed E-state index contributed by atoms with van der Waals surface area (Å²) in [6, 6.07) is 6.20. The topological polar surface area (TPSA) is 83.6 Å². The molecule has 0 bridgehead atoms. The molecule has 0 heterocycles. The van der Waals surface area contributed by atoms with Crippen molar-refractivity contribution in [2.75, 3.05) is 19.3 Å². The van der Waals surface area contributed by atoms with Gasteiger partial charge in [-0.15, -0.1) is 0 Å². The standard InChI is InChI=1S/C12H20N2O4S2/c1-4-14(5-2)20(17,18)12-8-6-11(7-9-12)10-13-19(3,15)16/h6-9,13H,4-5,10H2,1-3H3. The van der Waals surface area contributed by atoms with Crippen molar-refractivity contribution in [3.63, 3.8) is 0 Å². The van der Waals surface area contributed by atoms with Crippen LogP contribution in [0.15, 0.2) is 29.2 Å². The predicted molar refractivity (Wildman–Crippen MR) is 78.2 cm³/mol. The van der Waals surface area contributed by atoms with Crippen LogP contribution in [-0.2, 0) is 26.6 Å². The summed E-state index contributed by atoms with van der Waals surface area (Å²) in [7, 11) is -6.73. The van der Waals surface area contributed by atoms with E-state index < -0.39 is 20.0 Å². The van der Waals surface area contributed by atoms with Crippen LogP contribution in [0.1, 0.15) is 19.4 Å². The van der Waals surface area contributed by atoms with Crippen molar-refractivity contribution in [1.29, 1.82) is 0 Å². The van der Waals surface area contributed by atoms with Gasteiger partial charge in [-0.05, 0) is 17.7 Å². The molecule has 0 aliphatic rings. The molecule has 6 nitrogen and oxygen atoms in total. The molecule has 0 aliphatic carbocycles. The number of hydrogen-bond donors (Lipinski definition) is 1. The van der Waals surface area contributed by atoms with Crippen molar-refractivity contribution >= 4 is 20.0 Å². The second kappa shape index (κ2) is 6.66. The summed E-state index contributed by atoms with van der Waals surface area (Å²) in [6.07, 6.45) is 1.08. The Kier molecular flexibility index (Phi) is 5.69. The van der Waals surface area contributed by atoms with E-state index in [-0.39, 0.29) is 11.4 Å². The van der Waals surface area contributed by atoms with Gasteiger partial charge in [0.2, 0.25) is 20.0 Å². The Hall–Kier alpha value is -0.960. The average molecular weight is 320 g/mol. The van der Waals surface area contributed by atoms with Gasteiger partial charge in [0.1, 0.15) is 0 Å². The Morgan fingerprint density at radius 1 is 1.00 bits per heavy atom. The molecular weight excluding hydrogens is 300 g/mol. The second-order valence-electron chi connectivity index (χ2n) is 4.33. The number of rotatable bonds is 7. The van der Waals surface area contributed by atoms with Gasteiger partial charge in [0.05, 0.1) is 11.2 Å². The van der Waals surface area contributed by atoms with Gasteiger partial charge in [-0.1, -0.05) is 26.0 Å². The number of hydrogen-bond acceptors (Lipinski definition) is 4. The fourth-order valence-electron chi connectivity index (χ4n) is 1.71. The molecule has 0 saturated carbocycles. The molecule has 0 aliphatic heterocycles. The van der Waals surface area contributed by atoms with E-state index in [9.17, 15) is 16.8 Å². The average Bonchev–Trinajstić information content (AvgIpc) is 2.37. The highest BCUT2D eigenvalue weighted by molar-refractivity contribution is 7.89. The van der Waals surface area contributed by atoms with E-state index in [4.69, 9.17) is 0 Å². The van der Waals surface area contributed by atoms with Gasteiger partial charge in [0.25, 0.3) is 0 Å². The molecule has 0 atom stereocenters. The molecule has 0 radical (unpaired) electrons. The maximum Gasteiger partial charge on any atom is 0.243 e. The lowest BCUT2D eigenvalue weighted by Crippen LogP contribution is -2.30. The van der Waals surface area contributed by atoms with Gasteiger partial charge in [0, 0.05) is 19.6 Å². The predicted octanol–water partition coefficient (Wildman–Crippen LogP) is 0.766. The first-order valence-electron chi connectivity index (χ1n) is 6.24. The van der Waals surface area contributed by atoms with Crippen LogP contribution in [0, 0.1) is 0 Å². The molecule has 1 aromatic carbocycles. The van der Waals surface area contributed by atoms with Gasteiger partial charge in [-0.3, -0.25) is 0 Å². The first-order chi connectivity index (χ1) is 9.20. The molecule has 1 rings (SSSR count). The van der Waals surface area contributed by atoms with Crippen LogP contribution in [0.3, 0.4) is 0 Å². The summed E-state index contributed by atoms with van der Waals surface area (Å²) in [4.78, 5) is 0.212. The zero-order chi connectivity index (χ0) is 15.4. The monoisotopic (exact) mass is 320 g/mol. The van der Waals surface area contributed by atoms with Crippen molar-refractivity contribution < 1.29 is 16.8 Å². The van der Waals surface area contributed by atoms with Gasteiger partial charge in [0.15, 0.2) is 0 Å². The lowest BCUT2D eigenvalue weighted by molar-refractivity contribution is 0.445. The molecule has 114 valence electrons. The Bertz CT molecular complexity index is 633. The highest BCUT2D eigenvalue weighted by atomic mass is 32.2. The summed E-state index contributed by atoms with van der Waals surface area (Å²) >= 11 is 0. The summed E-state index contributed by atoms with van der Waals surface area (Å²) in [6.45, 7) is 4.54. The van der Waals surface area contributed by atoms with Crippen molar-refractivity contribution in [2.45, 2.75) is 25.3 Å². The molecule has 1 N–H and O–H groups in total. The molecule has 0 unspecified atom stereocenters. The smallest absolute Gasteiger partial charge is 0.213 e. The molecule has 0 aromatic heterocycles. The van der Waals surface area contributed by atoms with Crippen molar-refractivity contribution in [2.24, 2.45) is 0 Å². The number of nitrogens with zero attached hydrogens (tertiary/aromatic N) is 1. The molecule has 1 aromatic rings. The fraction of sp³-hybridized carbons (Fsp3) is 0.500. The van der Waals surface area contributed by atoms with Crippen LogP contribution in [0.5, 0.6) is 0 Å². The summed E-state index contributed by atoms with van der Waals surface area (Å²) in [5, 5.41) is 0. The zero-order valence-corrected chi connectivity index (χ0v) is 13.5. The van der Waals surface area contributed by atoms with E-state index in [0.29, 0.717) is 18.7 Å². The molecule has 0 spiro atoms. The van der Waals surface area contributed by atoms with Crippen LogP contribution < -0.4 is 4.72 Å². The minimum absolute atomic E-state index is 0.143. The van der Waals surface area contributed by atoms with Crippen LogP contribution in [0.4, 0.5) is 0 Å². The SMILES string of the molecule is CCN(CC)S(=O)(=O)c1ccc(CNS(C)(=O)=O)cc1. The summed E-state index contributed by atoms with van der Waals surface area (Å²) in [5.74, 6) is 0. The zero-order valence-electron chi connectivity index (χ0n) is 11.8. The molecule has 0 saturated heterocycles. The number of sulfonamides is 2. The minimum atomic E-state index is -3.47. The van der Waals surface area contributed by atoms with E-state index in [1.54, 1.807) is 26.0 Å². The Balaban J connectivity index is 2.91. The molecule has 8 heteroatoms. The third-order valence-corrected chi connectivity index (χ3v) is 5.54.